The summed E-state index contributed by atoms with van der Waals surface area (Å²) in [5, 5.41) is 7.55. The molecule has 0 saturated carbocycles. The summed E-state index contributed by atoms with van der Waals surface area (Å²) in [6, 6.07) is 2.79. The van der Waals surface area contributed by atoms with Gasteiger partial charge in [0.25, 0.3) is 5.91 Å². The van der Waals surface area contributed by atoms with Crippen LogP contribution in [-0.2, 0) is 16.1 Å². The largest absolute Gasteiger partial charge is 0.383 e. The average Bonchev–Trinajstić information content (AvgIpc) is 3.58. The number of anilines is 1. The van der Waals surface area contributed by atoms with Crippen LogP contribution in [0, 0.1) is 17.7 Å². The van der Waals surface area contributed by atoms with Crippen molar-refractivity contribution in [3.63, 3.8) is 0 Å². The van der Waals surface area contributed by atoms with Crippen LogP contribution in [0.5, 0.6) is 0 Å². The monoisotopic (exact) mass is 493 g/mol. The lowest BCUT2D eigenvalue weighted by molar-refractivity contribution is -0.127. The average molecular weight is 494 g/mol. The van der Waals surface area contributed by atoms with Crippen LogP contribution in [0.15, 0.2) is 31.1 Å². The zero-order chi connectivity index (χ0) is 26.0. The van der Waals surface area contributed by atoms with Gasteiger partial charge in [0.05, 0.1) is 36.1 Å². The number of carbonyl (C=O) groups is 2. The zero-order valence-corrected chi connectivity index (χ0v) is 20.4. The summed E-state index contributed by atoms with van der Waals surface area (Å²) in [5.41, 5.74) is 6.95. The number of aryl methyl sites for hydroxylation is 1. The summed E-state index contributed by atoms with van der Waals surface area (Å²) in [6.07, 6.45) is 3.38. The van der Waals surface area contributed by atoms with E-state index < -0.39 is 11.7 Å². The van der Waals surface area contributed by atoms with E-state index in [-0.39, 0.29) is 34.8 Å². The maximum atomic E-state index is 15.2. The Morgan fingerprint density at radius 1 is 1.39 bits per heavy atom. The normalized spacial score (nSPS) is 17.2. The third-order valence-corrected chi connectivity index (χ3v) is 6.32. The number of aromatic nitrogens is 4. The highest BCUT2D eigenvalue weighted by molar-refractivity contribution is 6.00. The fraction of sp³-hybridized carbons (Fsp3) is 0.360. The van der Waals surface area contributed by atoms with E-state index in [0.717, 1.165) is 0 Å². The highest BCUT2D eigenvalue weighted by Gasteiger charge is 2.37. The molecule has 4 rings (SSSR count). The number of hydrogen-bond donors (Lipinski definition) is 2. The van der Waals surface area contributed by atoms with Crippen LogP contribution >= 0.6 is 0 Å². The Hall–Kier alpha value is -4.17. The number of fused-ring (bicyclic) bond motifs is 1. The Morgan fingerprint density at radius 2 is 2.17 bits per heavy atom. The number of nitrogens with two attached hydrogens (primary N) is 1. The number of rotatable bonds is 7. The zero-order valence-electron chi connectivity index (χ0n) is 20.4. The van der Waals surface area contributed by atoms with Crippen LogP contribution in [-0.4, -0.2) is 69.4 Å². The molecule has 1 saturated heterocycles. The SMILES string of the molecule is C=CC(=O)N1C[C@@H](n2nc(C#Cc3ccc4ncn(CC)c4c3F)c(C(N)=O)c2NC)C[C@@H]1COC. The van der Waals surface area contributed by atoms with Gasteiger partial charge in [-0.2, -0.15) is 5.10 Å². The van der Waals surface area contributed by atoms with Crippen molar-refractivity contribution in [2.45, 2.75) is 32.0 Å². The van der Waals surface area contributed by atoms with Crippen LogP contribution in [0.1, 0.15) is 41.0 Å². The van der Waals surface area contributed by atoms with Gasteiger partial charge >= 0.3 is 0 Å². The molecule has 2 amide bonds. The molecular weight excluding hydrogens is 465 g/mol. The van der Waals surface area contributed by atoms with E-state index in [2.05, 4.69) is 33.8 Å². The number of methoxy groups -OCH3 is 1. The molecule has 0 aliphatic carbocycles. The molecule has 2 aromatic heterocycles. The van der Waals surface area contributed by atoms with Crippen LogP contribution in [0.3, 0.4) is 0 Å². The van der Waals surface area contributed by atoms with E-state index in [1.165, 1.54) is 6.08 Å². The molecule has 188 valence electrons. The van der Waals surface area contributed by atoms with Crippen molar-refractivity contribution in [1.29, 1.82) is 0 Å². The van der Waals surface area contributed by atoms with Crippen molar-refractivity contribution in [3.8, 4) is 11.8 Å². The number of hydrogen-bond acceptors (Lipinski definition) is 6. The van der Waals surface area contributed by atoms with Gasteiger partial charge < -0.3 is 25.3 Å². The van der Waals surface area contributed by atoms with Gasteiger partial charge in [0.15, 0.2) is 11.5 Å². The first kappa shape index (κ1) is 24.9. The maximum Gasteiger partial charge on any atom is 0.255 e. The molecule has 0 bridgehead atoms. The minimum absolute atomic E-state index is 0.0990. The smallest absolute Gasteiger partial charge is 0.255 e. The van der Waals surface area contributed by atoms with Crippen molar-refractivity contribution in [2.24, 2.45) is 5.73 Å². The summed E-state index contributed by atoms with van der Waals surface area (Å²) in [5.74, 6) is 4.58. The Morgan fingerprint density at radius 3 is 2.81 bits per heavy atom. The fourth-order valence-electron chi connectivity index (χ4n) is 4.65. The van der Waals surface area contributed by atoms with Gasteiger partial charge in [-0.1, -0.05) is 12.5 Å². The fourth-order valence-corrected chi connectivity index (χ4v) is 4.65. The minimum Gasteiger partial charge on any atom is -0.383 e. The topological polar surface area (TPSA) is 120 Å². The van der Waals surface area contributed by atoms with E-state index in [1.54, 1.807) is 46.8 Å². The summed E-state index contributed by atoms with van der Waals surface area (Å²) in [7, 11) is 3.21. The number of benzene rings is 1. The molecule has 1 aliphatic rings. The van der Waals surface area contributed by atoms with E-state index in [9.17, 15) is 9.59 Å². The van der Waals surface area contributed by atoms with E-state index in [4.69, 9.17) is 10.5 Å². The lowest BCUT2D eigenvalue weighted by Gasteiger charge is -2.22. The van der Waals surface area contributed by atoms with Crippen molar-refractivity contribution >= 4 is 28.7 Å². The van der Waals surface area contributed by atoms with Crippen LogP contribution in [0.4, 0.5) is 10.2 Å². The van der Waals surface area contributed by atoms with Gasteiger partial charge in [0.1, 0.15) is 16.9 Å². The molecule has 0 spiro atoms. The lowest BCUT2D eigenvalue weighted by Crippen LogP contribution is -2.37. The first-order chi connectivity index (χ1) is 17.3. The number of primary amides is 1. The lowest BCUT2D eigenvalue weighted by atomic mass is 10.1. The molecule has 0 unspecified atom stereocenters. The Labute approximate surface area is 207 Å². The number of halogens is 1. The molecule has 0 radical (unpaired) electrons. The van der Waals surface area contributed by atoms with E-state index in [0.29, 0.717) is 43.0 Å². The molecule has 36 heavy (non-hydrogen) atoms. The number of nitrogens with one attached hydrogen (secondary N) is 1. The molecule has 3 heterocycles. The molecular formula is C25H28FN7O3. The van der Waals surface area contributed by atoms with Crippen LogP contribution < -0.4 is 11.1 Å². The number of ether oxygens (including phenoxy) is 1. The number of carbonyl (C=O) groups excluding carboxylic acids is 2. The maximum absolute atomic E-state index is 15.2. The molecule has 2 atom stereocenters. The number of imidazole rings is 1. The summed E-state index contributed by atoms with van der Waals surface area (Å²) in [6.45, 7) is 6.72. The third-order valence-electron chi connectivity index (χ3n) is 6.32. The first-order valence-electron chi connectivity index (χ1n) is 11.5. The number of amides is 2. The summed E-state index contributed by atoms with van der Waals surface area (Å²) in [4.78, 5) is 30.7. The summed E-state index contributed by atoms with van der Waals surface area (Å²) >= 11 is 0. The van der Waals surface area contributed by atoms with Gasteiger partial charge in [-0.25, -0.2) is 14.1 Å². The van der Waals surface area contributed by atoms with Crippen molar-refractivity contribution in [1.82, 2.24) is 24.2 Å². The minimum atomic E-state index is -0.722. The molecule has 3 aromatic rings. The first-order valence-corrected chi connectivity index (χ1v) is 11.5. The molecule has 3 N–H and O–H groups in total. The van der Waals surface area contributed by atoms with Gasteiger partial charge in [-0.3, -0.25) is 9.59 Å². The number of likely N-dealkylation sites (tertiary alicyclic amines) is 1. The second-order valence-corrected chi connectivity index (χ2v) is 8.40. The standard InChI is InChI=1S/C25H28FN7O3/c1-5-20(34)32-12-16(11-17(32)13-36-4)33-25(28-3)21(24(27)35)18(30-33)9-7-15-8-10-19-23(22(15)26)31(6-2)14-29-19/h5,8,10,14,16-17,28H,1,6,11-13H2,2-4H3,(H2,27,35)/t16-,17+/m0/s1. The molecule has 11 heteroatoms. The second kappa shape index (κ2) is 10.2. The highest BCUT2D eigenvalue weighted by Crippen LogP contribution is 2.32. The van der Waals surface area contributed by atoms with Gasteiger partial charge in [0.2, 0.25) is 5.91 Å². The van der Waals surface area contributed by atoms with Gasteiger partial charge in [0, 0.05) is 27.2 Å². The molecule has 1 fully saturated rings. The molecule has 1 aromatic carbocycles. The third kappa shape index (κ3) is 4.31. The van der Waals surface area contributed by atoms with Crippen molar-refractivity contribution in [3.05, 3.63) is 53.8 Å². The number of nitrogens with zero attached hydrogens (tertiary/aromatic N) is 5. The van der Waals surface area contributed by atoms with E-state index in [1.807, 2.05) is 6.92 Å². The van der Waals surface area contributed by atoms with E-state index >= 15 is 4.39 Å². The van der Waals surface area contributed by atoms with Gasteiger partial charge in [-0.15, -0.1) is 0 Å². The Kier molecular flexibility index (Phi) is 7.07. The predicted octanol–water partition coefficient (Wildman–Crippen LogP) is 1.91. The Balaban J connectivity index is 1.76. The van der Waals surface area contributed by atoms with Crippen LogP contribution in [0.25, 0.3) is 11.0 Å². The molecule has 1 aliphatic heterocycles. The van der Waals surface area contributed by atoms with Crippen LogP contribution in [0.2, 0.25) is 0 Å². The van der Waals surface area contributed by atoms with Crippen molar-refractivity contribution in [2.75, 3.05) is 32.6 Å². The van der Waals surface area contributed by atoms with Crippen molar-refractivity contribution < 1.29 is 18.7 Å². The summed E-state index contributed by atoms with van der Waals surface area (Å²) < 4.78 is 23.8. The Bertz CT molecular complexity index is 1400. The quantitative estimate of drug-likeness (QED) is 0.383. The molecule has 10 nitrogen and oxygen atoms in total. The second-order valence-electron chi connectivity index (χ2n) is 8.40. The highest BCUT2D eigenvalue weighted by atomic mass is 19.1. The van der Waals surface area contributed by atoms with Gasteiger partial charge in [-0.05, 0) is 37.5 Å². The predicted molar refractivity (Wildman–Crippen MR) is 133 cm³/mol.